The van der Waals surface area contributed by atoms with E-state index >= 15 is 0 Å². The summed E-state index contributed by atoms with van der Waals surface area (Å²) in [6.45, 7) is 5.22. The molecule has 0 aromatic heterocycles. The molecule has 4 nitrogen and oxygen atoms in total. The Morgan fingerprint density at radius 1 is 0.850 bits per heavy atom. The van der Waals surface area contributed by atoms with Crippen LogP contribution in [0.4, 0.5) is 0 Å². The monoisotopic (exact) mass is 287 g/mol. The summed E-state index contributed by atoms with van der Waals surface area (Å²) in [5.74, 6) is -0.169. The molecule has 4 heteroatoms. The van der Waals surface area contributed by atoms with Crippen molar-refractivity contribution in [2.75, 3.05) is 0 Å². The van der Waals surface area contributed by atoms with Crippen LogP contribution in [0, 0.1) is 0 Å². The van der Waals surface area contributed by atoms with Gasteiger partial charge in [-0.05, 0) is 20.3 Å². The van der Waals surface area contributed by atoms with E-state index in [2.05, 4.69) is 6.92 Å². The average Bonchev–Trinajstić information content (AvgIpc) is 2.36. The zero-order valence-corrected chi connectivity index (χ0v) is 13.5. The first-order valence-electron chi connectivity index (χ1n) is 8.18. The van der Waals surface area contributed by atoms with Gasteiger partial charge in [0.15, 0.2) is 0 Å². The molecule has 0 saturated heterocycles. The lowest BCUT2D eigenvalue weighted by molar-refractivity contribution is -0.156. The van der Waals surface area contributed by atoms with Gasteiger partial charge in [-0.3, -0.25) is 9.69 Å². The maximum Gasteiger partial charge on any atom is 0.226 e. The molecule has 0 saturated carbocycles. The number of carbonyl (C=O) groups excluding carboxylic acids is 1. The maximum atomic E-state index is 11.8. The third kappa shape index (κ3) is 9.32. The van der Waals surface area contributed by atoms with Crippen LogP contribution in [-0.4, -0.2) is 33.5 Å². The predicted molar refractivity (Wildman–Crippen MR) is 82.1 cm³/mol. The van der Waals surface area contributed by atoms with Gasteiger partial charge in [0.25, 0.3) is 0 Å². The maximum absolute atomic E-state index is 11.8. The van der Waals surface area contributed by atoms with Gasteiger partial charge in [-0.2, -0.15) is 0 Å². The Balaban J connectivity index is 3.56. The van der Waals surface area contributed by atoms with E-state index in [0.29, 0.717) is 6.42 Å². The zero-order chi connectivity index (χ0) is 15.4. The molecule has 0 aliphatic carbocycles. The van der Waals surface area contributed by atoms with Crippen LogP contribution in [0.15, 0.2) is 0 Å². The highest BCUT2D eigenvalue weighted by atomic mass is 16.3. The normalized spacial score (nSPS) is 14.1. The number of carbonyl (C=O) groups is 1. The van der Waals surface area contributed by atoms with Gasteiger partial charge in [0, 0.05) is 6.42 Å². The standard InChI is InChI=1S/C16H33NO3/c1-4-5-6-7-8-9-10-11-12-13-16(20)17(14(2)18)15(3)19/h14-15,18-19H,4-13H2,1-3H3. The van der Waals surface area contributed by atoms with Gasteiger partial charge < -0.3 is 10.2 Å². The lowest BCUT2D eigenvalue weighted by Gasteiger charge is -2.28. The van der Waals surface area contributed by atoms with Crippen LogP contribution in [0.5, 0.6) is 0 Å². The molecule has 2 N–H and O–H groups in total. The first-order valence-corrected chi connectivity index (χ1v) is 8.18. The minimum Gasteiger partial charge on any atom is -0.374 e. The summed E-state index contributed by atoms with van der Waals surface area (Å²) in [4.78, 5) is 13.0. The first kappa shape index (κ1) is 19.4. The van der Waals surface area contributed by atoms with Gasteiger partial charge in [-0.15, -0.1) is 0 Å². The summed E-state index contributed by atoms with van der Waals surface area (Å²) in [7, 11) is 0. The van der Waals surface area contributed by atoms with Crippen molar-refractivity contribution >= 4 is 5.91 Å². The van der Waals surface area contributed by atoms with E-state index in [-0.39, 0.29) is 5.91 Å². The van der Waals surface area contributed by atoms with Gasteiger partial charge in [0.2, 0.25) is 5.91 Å². The molecule has 0 aromatic carbocycles. The summed E-state index contributed by atoms with van der Waals surface area (Å²) in [5, 5.41) is 18.9. The molecule has 0 radical (unpaired) electrons. The van der Waals surface area contributed by atoms with Crippen molar-refractivity contribution in [1.29, 1.82) is 0 Å². The van der Waals surface area contributed by atoms with Crippen molar-refractivity contribution < 1.29 is 15.0 Å². The van der Waals surface area contributed by atoms with Crippen molar-refractivity contribution in [3.05, 3.63) is 0 Å². The lowest BCUT2D eigenvalue weighted by Crippen LogP contribution is -2.44. The Bertz CT molecular complexity index is 234. The molecule has 0 aromatic rings. The van der Waals surface area contributed by atoms with Crippen LogP contribution < -0.4 is 0 Å². The first-order chi connectivity index (χ1) is 9.50. The highest BCUT2D eigenvalue weighted by Crippen LogP contribution is 2.12. The highest BCUT2D eigenvalue weighted by molar-refractivity contribution is 5.76. The molecule has 0 spiro atoms. The summed E-state index contributed by atoms with van der Waals surface area (Å²) >= 11 is 0. The number of unbranched alkanes of at least 4 members (excludes halogenated alkanes) is 8. The van der Waals surface area contributed by atoms with Gasteiger partial charge >= 0.3 is 0 Å². The van der Waals surface area contributed by atoms with Gasteiger partial charge in [-0.25, -0.2) is 0 Å². The van der Waals surface area contributed by atoms with Crippen molar-refractivity contribution in [1.82, 2.24) is 4.90 Å². The van der Waals surface area contributed by atoms with E-state index < -0.39 is 12.5 Å². The summed E-state index contributed by atoms with van der Waals surface area (Å²) < 4.78 is 0. The van der Waals surface area contributed by atoms with E-state index in [9.17, 15) is 15.0 Å². The second-order valence-corrected chi connectivity index (χ2v) is 5.64. The molecule has 0 aliphatic heterocycles. The Labute approximate surface area is 124 Å². The van der Waals surface area contributed by atoms with Crippen LogP contribution >= 0.6 is 0 Å². The highest BCUT2D eigenvalue weighted by Gasteiger charge is 2.21. The van der Waals surface area contributed by atoms with E-state index in [1.165, 1.54) is 58.8 Å². The third-order valence-electron chi connectivity index (χ3n) is 3.59. The van der Waals surface area contributed by atoms with E-state index in [1.54, 1.807) is 0 Å². The second kappa shape index (κ2) is 12.2. The summed E-state index contributed by atoms with van der Waals surface area (Å²) in [5.41, 5.74) is 0. The minimum atomic E-state index is -0.930. The molecule has 0 rings (SSSR count). The smallest absolute Gasteiger partial charge is 0.226 e. The largest absolute Gasteiger partial charge is 0.374 e. The van der Waals surface area contributed by atoms with E-state index in [0.717, 1.165) is 17.7 Å². The van der Waals surface area contributed by atoms with Crippen molar-refractivity contribution in [2.24, 2.45) is 0 Å². The zero-order valence-electron chi connectivity index (χ0n) is 13.5. The molecule has 120 valence electrons. The average molecular weight is 287 g/mol. The molecular weight excluding hydrogens is 254 g/mol. The molecule has 0 aliphatic rings. The van der Waals surface area contributed by atoms with Crippen LogP contribution in [0.3, 0.4) is 0 Å². The van der Waals surface area contributed by atoms with E-state index in [1.807, 2.05) is 0 Å². The fraction of sp³-hybridized carbons (Fsp3) is 0.938. The fourth-order valence-electron chi connectivity index (χ4n) is 2.44. The topological polar surface area (TPSA) is 60.8 Å². The number of aliphatic hydroxyl groups excluding tert-OH is 2. The molecule has 0 fully saturated rings. The second-order valence-electron chi connectivity index (χ2n) is 5.64. The van der Waals surface area contributed by atoms with Crippen LogP contribution in [0.25, 0.3) is 0 Å². The molecule has 1 amide bonds. The SMILES string of the molecule is CCCCCCCCCCCC(=O)N(C(C)O)C(C)O. The summed E-state index contributed by atoms with van der Waals surface area (Å²) in [6.07, 6.45) is 9.43. The van der Waals surface area contributed by atoms with Gasteiger partial charge in [0.1, 0.15) is 12.5 Å². The van der Waals surface area contributed by atoms with Crippen LogP contribution in [-0.2, 0) is 4.79 Å². The molecule has 2 atom stereocenters. The van der Waals surface area contributed by atoms with Crippen molar-refractivity contribution in [2.45, 2.75) is 97.4 Å². The van der Waals surface area contributed by atoms with Crippen LogP contribution in [0.1, 0.15) is 85.0 Å². The minimum absolute atomic E-state index is 0.169. The number of hydrogen-bond donors (Lipinski definition) is 2. The van der Waals surface area contributed by atoms with Crippen molar-refractivity contribution in [3.8, 4) is 0 Å². The molecule has 20 heavy (non-hydrogen) atoms. The Hall–Kier alpha value is -0.610. The molecule has 2 unspecified atom stereocenters. The number of aliphatic hydroxyl groups is 2. The quantitative estimate of drug-likeness (QED) is 0.427. The molecule has 0 bridgehead atoms. The van der Waals surface area contributed by atoms with Gasteiger partial charge in [-0.1, -0.05) is 58.3 Å². The number of hydrogen-bond acceptors (Lipinski definition) is 3. The molecule has 0 heterocycles. The lowest BCUT2D eigenvalue weighted by atomic mass is 10.1. The van der Waals surface area contributed by atoms with Crippen molar-refractivity contribution in [3.63, 3.8) is 0 Å². The Morgan fingerprint density at radius 3 is 1.65 bits per heavy atom. The Kier molecular flexibility index (Phi) is 11.8. The fourth-order valence-corrected chi connectivity index (χ4v) is 2.44. The summed E-state index contributed by atoms with van der Waals surface area (Å²) in [6, 6.07) is 0. The number of rotatable bonds is 12. The van der Waals surface area contributed by atoms with Crippen LogP contribution in [0.2, 0.25) is 0 Å². The predicted octanol–water partition coefficient (Wildman–Crippen LogP) is 3.41. The third-order valence-corrected chi connectivity index (χ3v) is 3.59. The molecular formula is C16H33NO3. The Morgan fingerprint density at radius 2 is 1.25 bits per heavy atom. The van der Waals surface area contributed by atoms with Gasteiger partial charge in [0.05, 0.1) is 0 Å². The number of amides is 1. The number of nitrogens with zero attached hydrogens (tertiary/aromatic N) is 1. The van der Waals surface area contributed by atoms with E-state index in [4.69, 9.17) is 0 Å².